The highest BCUT2D eigenvalue weighted by molar-refractivity contribution is 6.20. The SMILES string of the molecule is c1ccc(N(c2ccccc2)c2cc3c4cc5c(cc4oc3c3ccccc23)Cc2ccccc2-5)cc1. The summed E-state index contributed by atoms with van der Waals surface area (Å²) in [6.07, 6.45) is 0.959. The second kappa shape index (κ2) is 7.84. The molecule has 1 aromatic heterocycles. The summed E-state index contributed by atoms with van der Waals surface area (Å²) < 4.78 is 6.62. The van der Waals surface area contributed by atoms with Crippen LogP contribution in [-0.4, -0.2) is 0 Å². The van der Waals surface area contributed by atoms with Gasteiger partial charge in [0.05, 0.1) is 5.69 Å². The van der Waals surface area contributed by atoms with Gasteiger partial charge in [-0.25, -0.2) is 0 Å². The van der Waals surface area contributed by atoms with Crippen molar-refractivity contribution in [3.8, 4) is 11.1 Å². The number of furan rings is 1. The topological polar surface area (TPSA) is 16.4 Å². The maximum absolute atomic E-state index is 6.62. The number of benzene rings is 6. The molecule has 0 fully saturated rings. The molecule has 37 heavy (non-hydrogen) atoms. The zero-order valence-corrected chi connectivity index (χ0v) is 20.2. The third-order valence-corrected chi connectivity index (χ3v) is 7.64. The summed E-state index contributed by atoms with van der Waals surface area (Å²) in [5.74, 6) is 0. The predicted octanol–water partition coefficient (Wildman–Crippen LogP) is 9.78. The number of hydrogen-bond acceptors (Lipinski definition) is 2. The molecule has 0 bridgehead atoms. The maximum Gasteiger partial charge on any atom is 0.143 e. The number of para-hydroxylation sites is 2. The molecule has 0 N–H and O–H groups in total. The Balaban J connectivity index is 1.46. The van der Waals surface area contributed by atoms with E-state index in [4.69, 9.17) is 4.42 Å². The van der Waals surface area contributed by atoms with E-state index in [1.54, 1.807) is 0 Å². The van der Waals surface area contributed by atoms with E-state index in [0.717, 1.165) is 45.4 Å². The Morgan fingerprint density at radius 2 is 1.14 bits per heavy atom. The summed E-state index contributed by atoms with van der Waals surface area (Å²) in [6.45, 7) is 0. The first-order valence-corrected chi connectivity index (χ1v) is 12.7. The zero-order valence-electron chi connectivity index (χ0n) is 20.2. The molecule has 0 radical (unpaired) electrons. The van der Waals surface area contributed by atoms with Gasteiger partial charge in [-0.1, -0.05) is 84.9 Å². The average molecular weight is 474 g/mol. The fourth-order valence-electron chi connectivity index (χ4n) is 5.97. The van der Waals surface area contributed by atoms with Gasteiger partial charge in [0, 0.05) is 32.9 Å². The monoisotopic (exact) mass is 473 g/mol. The number of hydrogen-bond donors (Lipinski definition) is 0. The highest BCUT2D eigenvalue weighted by Crippen LogP contribution is 2.46. The Morgan fingerprint density at radius 1 is 0.486 bits per heavy atom. The lowest BCUT2D eigenvalue weighted by Gasteiger charge is -2.27. The van der Waals surface area contributed by atoms with Gasteiger partial charge >= 0.3 is 0 Å². The number of nitrogens with zero attached hydrogens (tertiary/aromatic N) is 1. The lowest BCUT2D eigenvalue weighted by molar-refractivity contribution is 0.672. The van der Waals surface area contributed by atoms with E-state index in [9.17, 15) is 0 Å². The maximum atomic E-state index is 6.62. The molecule has 0 amide bonds. The third-order valence-electron chi connectivity index (χ3n) is 7.64. The number of anilines is 3. The van der Waals surface area contributed by atoms with Crippen LogP contribution in [0.3, 0.4) is 0 Å². The van der Waals surface area contributed by atoms with Crippen LogP contribution in [0, 0.1) is 0 Å². The van der Waals surface area contributed by atoms with Crippen LogP contribution >= 0.6 is 0 Å². The summed E-state index contributed by atoms with van der Waals surface area (Å²) in [7, 11) is 0. The predicted molar refractivity (Wildman–Crippen MR) is 154 cm³/mol. The molecule has 2 heteroatoms. The normalized spacial score (nSPS) is 12.2. The first-order chi connectivity index (χ1) is 18.3. The van der Waals surface area contributed by atoms with E-state index < -0.39 is 0 Å². The number of rotatable bonds is 3. The van der Waals surface area contributed by atoms with Crippen LogP contribution < -0.4 is 4.90 Å². The van der Waals surface area contributed by atoms with Gasteiger partial charge in [-0.05, 0) is 71.1 Å². The van der Waals surface area contributed by atoms with Crippen LogP contribution in [0.4, 0.5) is 17.1 Å². The second-order valence-corrected chi connectivity index (χ2v) is 9.77. The molecular formula is C35H23NO. The molecule has 0 atom stereocenters. The Hall–Kier alpha value is -4.82. The van der Waals surface area contributed by atoms with Crippen molar-refractivity contribution in [1.82, 2.24) is 0 Å². The summed E-state index contributed by atoms with van der Waals surface area (Å²) in [4.78, 5) is 2.35. The molecule has 2 nitrogen and oxygen atoms in total. The lowest BCUT2D eigenvalue weighted by atomic mass is 9.99. The van der Waals surface area contributed by atoms with Crippen LogP contribution in [-0.2, 0) is 6.42 Å². The van der Waals surface area contributed by atoms with Crippen molar-refractivity contribution < 1.29 is 4.42 Å². The van der Waals surface area contributed by atoms with Gasteiger partial charge in [0.25, 0.3) is 0 Å². The van der Waals surface area contributed by atoms with Crippen molar-refractivity contribution in [3.05, 3.63) is 139 Å². The van der Waals surface area contributed by atoms with Crippen molar-refractivity contribution in [3.63, 3.8) is 0 Å². The molecule has 0 saturated carbocycles. The molecular weight excluding hydrogens is 450 g/mol. The highest BCUT2D eigenvalue weighted by Gasteiger charge is 2.23. The Labute approximate surface area is 215 Å². The zero-order chi connectivity index (χ0) is 24.3. The fourth-order valence-corrected chi connectivity index (χ4v) is 5.97. The van der Waals surface area contributed by atoms with Gasteiger partial charge in [-0.15, -0.1) is 0 Å². The molecule has 8 rings (SSSR count). The van der Waals surface area contributed by atoms with Gasteiger partial charge in [0.1, 0.15) is 11.2 Å². The van der Waals surface area contributed by atoms with Crippen LogP contribution in [0.25, 0.3) is 43.8 Å². The van der Waals surface area contributed by atoms with E-state index in [1.807, 2.05) is 0 Å². The van der Waals surface area contributed by atoms with Gasteiger partial charge in [-0.2, -0.15) is 0 Å². The van der Waals surface area contributed by atoms with Crippen molar-refractivity contribution in [1.29, 1.82) is 0 Å². The van der Waals surface area contributed by atoms with E-state index in [2.05, 4.69) is 132 Å². The molecule has 0 spiro atoms. The average Bonchev–Trinajstić information content (AvgIpc) is 3.51. The van der Waals surface area contributed by atoms with E-state index >= 15 is 0 Å². The summed E-state index contributed by atoms with van der Waals surface area (Å²) in [6, 6.07) is 45.4. The molecule has 1 aliphatic rings. The van der Waals surface area contributed by atoms with Crippen molar-refractivity contribution in [2.75, 3.05) is 4.90 Å². The minimum absolute atomic E-state index is 0.951. The van der Waals surface area contributed by atoms with Crippen molar-refractivity contribution in [2.24, 2.45) is 0 Å². The Kier molecular flexibility index (Phi) is 4.32. The fraction of sp³-hybridized carbons (Fsp3) is 0.0286. The molecule has 6 aromatic carbocycles. The quantitative estimate of drug-likeness (QED) is 0.254. The first kappa shape index (κ1) is 20.4. The molecule has 1 aliphatic carbocycles. The minimum atomic E-state index is 0.951. The Morgan fingerprint density at radius 3 is 1.89 bits per heavy atom. The number of fused-ring (bicyclic) bond motifs is 8. The van der Waals surface area contributed by atoms with Crippen LogP contribution in [0.5, 0.6) is 0 Å². The minimum Gasteiger partial charge on any atom is -0.455 e. The molecule has 0 saturated heterocycles. The summed E-state index contributed by atoms with van der Waals surface area (Å²) in [5.41, 5.74) is 10.7. The van der Waals surface area contributed by atoms with Gasteiger partial charge in [0.2, 0.25) is 0 Å². The summed E-state index contributed by atoms with van der Waals surface area (Å²) >= 11 is 0. The second-order valence-electron chi connectivity index (χ2n) is 9.77. The van der Waals surface area contributed by atoms with Gasteiger partial charge < -0.3 is 9.32 Å². The summed E-state index contributed by atoms with van der Waals surface area (Å²) in [5, 5.41) is 4.61. The van der Waals surface area contributed by atoms with Gasteiger partial charge in [0.15, 0.2) is 0 Å². The molecule has 174 valence electrons. The lowest BCUT2D eigenvalue weighted by Crippen LogP contribution is -2.10. The smallest absolute Gasteiger partial charge is 0.143 e. The van der Waals surface area contributed by atoms with E-state index in [-0.39, 0.29) is 0 Å². The van der Waals surface area contributed by atoms with Crippen molar-refractivity contribution in [2.45, 2.75) is 6.42 Å². The Bertz CT molecular complexity index is 1910. The first-order valence-electron chi connectivity index (χ1n) is 12.7. The third kappa shape index (κ3) is 3.06. The molecule has 0 aliphatic heterocycles. The molecule has 0 unspecified atom stereocenters. The standard InChI is InChI=1S/C35H23NO/c1-3-12-25(13-4-1)36(26-14-5-2-6-15-26)33-22-32-31-21-30-24(19-23-11-7-8-16-27(23)30)20-34(31)37-35(32)29-18-10-9-17-28(29)33/h1-18,20-22H,19H2. The largest absolute Gasteiger partial charge is 0.455 e. The van der Waals surface area contributed by atoms with Crippen LogP contribution in [0.1, 0.15) is 11.1 Å². The molecule has 1 heterocycles. The van der Waals surface area contributed by atoms with Gasteiger partial charge in [-0.3, -0.25) is 0 Å². The van der Waals surface area contributed by atoms with Crippen LogP contribution in [0.15, 0.2) is 132 Å². The van der Waals surface area contributed by atoms with Crippen molar-refractivity contribution >= 4 is 49.8 Å². The van der Waals surface area contributed by atoms with E-state index in [0.29, 0.717) is 0 Å². The molecule has 7 aromatic rings. The van der Waals surface area contributed by atoms with Crippen LogP contribution in [0.2, 0.25) is 0 Å². The van der Waals surface area contributed by atoms with E-state index in [1.165, 1.54) is 33.0 Å². The highest BCUT2D eigenvalue weighted by atomic mass is 16.3.